The van der Waals surface area contributed by atoms with Crippen LogP contribution in [0, 0.1) is 0 Å². The highest BCUT2D eigenvalue weighted by Gasteiger charge is 2.31. The average Bonchev–Trinajstić information content (AvgIpc) is 2.67. The number of benzene rings is 1. The maximum atomic E-state index is 12.5. The SMILES string of the molecule is CC(C)(C)c1ccccc1OC1CCN(C(=O)C(=O)N(CCO)CCO)CC1. The molecule has 1 aromatic carbocycles. The molecule has 7 nitrogen and oxygen atoms in total. The molecule has 1 fully saturated rings. The van der Waals surface area contributed by atoms with Crippen LogP contribution in [0.4, 0.5) is 0 Å². The number of amides is 2. The van der Waals surface area contributed by atoms with Crippen LogP contribution in [0.1, 0.15) is 39.2 Å². The molecule has 1 heterocycles. The normalized spacial score (nSPS) is 15.4. The molecule has 1 aliphatic rings. The van der Waals surface area contributed by atoms with Crippen LogP contribution in [0.3, 0.4) is 0 Å². The van der Waals surface area contributed by atoms with E-state index < -0.39 is 11.8 Å². The zero-order valence-electron chi connectivity index (χ0n) is 17.1. The van der Waals surface area contributed by atoms with Gasteiger partial charge in [0.05, 0.1) is 13.2 Å². The van der Waals surface area contributed by atoms with Gasteiger partial charge in [-0.05, 0) is 17.0 Å². The number of hydrogen-bond donors (Lipinski definition) is 2. The zero-order valence-corrected chi connectivity index (χ0v) is 17.1. The van der Waals surface area contributed by atoms with Gasteiger partial charge < -0.3 is 24.7 Å². The van der Waals surface area contributed by atoms with Gasteiger partial charge in [-0.2, -0.15) is 0 Å². The summed E-state index contributed by atoms with van der Waals surface area (Å²) in [6, 6.07) is 8.01. The molecule has 0 unspecified atom stereocenters. The number of nitrogens with zero attached hydrogens (tertiary/aromatic N) is 2. The molecule has 2 rings (SSSR count). The lowest BCUT2D eigenvalue weighted by Gasteiger charge is -2.34. The summed E-state index contributed by atoms with van der Waals surface area (Å²) in [4.78, 5) is 27.5. The Bertz CT molecular complexity index is 657. The fourth-order valence-electron chi connectivity index (χ4n) is 3.37. The summed E-state index contributed by atoms with van der Waals surface area (Å²) in [5, 5.41) is 18.1. The third kappa shape index (κ3) is 5.69. The predicted octanol–water partition coefficient (Wildman–Crippen LogP) is 1.17. The van der Waals surface area contributed by atoms with E-state index in [-0.39, 0.29) is 37.8 Å². The molecule has 1 aliphatic heterocycles. The van der Waals surface area contributed by atoms with E-state index in [4.69, 9.17) is 14.9 Å². The van der Waals surface area contributed by atoms with Gasteiger partial charge in [0.1, 0.15) is 11.9 Å². The van der Waals surface area contributed by atoms with Crippen molar-refractivity contribution in [1.82, 2.24) is 9.80 Å². The van der Waals surface area contributed by atoms with E-state index in [0.29, 0.717) is 25.9 Å². The molecule has 2 N–H and O–H groups in total. The summed E-state index contributed by atoms with van der Waals surface area (Å²) in [6.07, 6.45) is 1.29. The van der Waals surface area contributed by atoms with Crippen molar-refractivity contribution in [1.29, 1.82) is 0 Å². The van der Waals surface area contributed by atoms with E-state index in [9.17, 15) is 9.59 Å². The molecule has 1 saturated heterocycles. The molecule has 28 heavy (non-hydrogen) atoms. The van der Waals surface area contributed by atoms with Crippen LogP contribution in [0.5, 0.6) is 5.75 Å². The number of para-hydroxylation sites is 1. The molecule has 0 aromatic heterocycles. The maximum absolute atomic E-state index is 12.5. The number of carbonyl (C=O) groups is 2. The van der Waals surface area contributed by atoms with E-state index in [0.717, 1.165) is 11.3 Å². The van der Waals surface area contributed by atoms with E-state index in [1.54, 1.807) is 0 Å². The second-order valence-corrected chi connectivity index (χ2v) is 8.09. The molecular weight excluding hydrogens is 360 g/mol. The van der Waals surface area contributed by atoms with Gasteiger partial charge in [-0.1, -0.05) is 39.0 Å². The largest absolute Gasteiger partial charge is 0.490 e. The zero-order chi connectivity index (χ0) is 20.7. The smallest absolute Gasteiger partial charge is 0.312 e. The van der Waals surface area contributed by atoms with Crippen molar-refractivity contribution in [2.75, 3.05) is 39.4 Å². The number of ether oxygens (including phenoxy) is 1. The average molecular weight is 392 g/mol. The fourth-order valence-corrected chi connectivity index (χ4v) is 3.37. The minimum atomic E-state index is -0.680. The van der Waals surface area contributed by atoms with Crippen LogP contribution in [0.2, 0.25) is 0 Å². The molecule has 0 atom stereocenters. The van der Waals surface area contributed by atoms with E-state index >= 15 is 0 Å². The van der Waals surface area contributed by atoms with Crippen molar-refractivity contribution in [2.24, 2.45) is 0 Å². The topological polar surface area (TPSA) is 90.3 Å². The first-order chi connectivity index (χ1) is 13.3. The van der Waals surface area contributed by atoms with Crippen molar-refractivity contribution < 1.29 is 24.5 Å². The van der Waals surface area contributed by atoms with E-state index in [1.807, 2.05) is 18.2 Å². The molecule has 1 aromatic rings. The van der Waals surface area contributed by atoms with Gasteiger partial charge in [0.2, 0.25) is 0 Å². The van der Waals surface area contributed by atoms with Crippen LogP contribution in [0.25, 0.3) is 0 Å². The fraction of sp³-hybridized carbons (Fsp3) is 0.619. The quantitative estimate of drug-likeness (QED) is 0.709. The summed E-state index contributed by atoms with van der Waals surface area (Å²) in [6.45, 7) is 6.90. The van der Waals surface area contributed by atoms with Crippen LogP contribution in [-0.2, 0) is 15.0 Å². The highest BCUT2D eigenvalue weighted by atomic mass is 16.5. The molecule has 0 radical (unpaired) electrons. The third-order valence-corrected chi connectivity index (χ3v) is 4.93. The standard InChI is InChI=1S/C21H32N2O5/c1-21(2,3)17-6-4-5-7-18(17)28-16-8-10-22(11-9-16)19(26)20(27)23(12-14-24)13-15-25/h4-7,16,24-25H,8-15H2,1-3H3. The Balaban J connectivity index is 1.94. The first-order valence-electron chi connectivity index (χ1n) is 9.84. The van der Waals surface area contributed by atoms with Crippen LogP contribution in [0.15, 0.2) is 24.3 Å². The van der Waals surface area contributed by atoms with Gasteiger partial charge >= 0.3 is 11.8 Å². The number of likely N-dealkylation sites (tertiary alicyclic amines) is 1. The first-order valence-corrected chi connectivity index (χ1v) is 9.84. The number of hydrogen-bond acceptors (Lipinski definition) is 5. The van der Waals surface area contributed by atoms with Gasteiger partial charge in [-0.15, -0.1) is 0 Å². The Morgan fingerprint density at radius 1 is 1.11 bits per heavy atom. The monoisotopic (exact) mass is 392 g/mol. The van der Waals surface area contributed by atoms with Crippen LogP contribution in [-0.4, -0.2) is 77.3 Å². The Morgan fingerprint density at radius 2 is 1.68 bits per heavy atom. The van der Waals surface area contributed by atoms with Gasteiger partial charge in [0, 0.05) is 39.0 Å². The van der Waals surface area contributed by atoms with Gasteiger partial charge in [-0.25, -0.2) is 0 Å². The van der Waals surface area contributed by atoms with Crippen molar-refractivity contribution in [3.63, 3.8) is 0 Å². The Morgan fingerprint density at radius 3 is 2.21 bits per heavy atom. The second kappa shape index (κ2) is 9.89. The number of rotatable bonds is 6. The highest BCUT2D eigenvalue weighted by molar-refractivity contribution is 6.34. The van der Waals surface area contributed by atoms with E-state index in [1.165, 1.54) is 9.80 Å². The predicted molar refractivity (Wildman–Crippen MR) is 106 cm³/mol. The lowest BCUT2D eigenvalue weighted by molar-refractivity contribution is -0.153. The molecule has 0 bridgehead atoms. The maximum Gasteiger partial charge on any atom is 0.312 e. The molecule has 156 valence electrons. The first kappa shape index (κ1) is 22.2. The number of piperidine rings is 1. The molecule has 0 saturated carbocycles. The van der Waals surface area contributed by atoms with Gasteiger partial charge in [0.25, 0.3) is 0 Å². The third-order valence-electron chi connectivity index (χ3n) is 4.93. The van der Waals surface area contributed by atoms with Crippen LogP contribution >= 0.6 is 0 Å². The number of carbonyl (C=O) groups excluding carboxylic acids is 2. The molecular formula is C21H32N2O5. The van der Waals surface area contributed by atoms with Crippen molar-refractivity contribution in [3.05, 3.63) is 29.8 Å². The Kier molecular flexibility index (Phi) is 7.83. The Labute approximate surface area is 166 Å². The Hall–Kier alpha value is -2.12. The van der Waals surface area contributed by atoms with E-state index in [2.05, 4.69) is 26.8 Å². The van der Waals surface area contributed by atoms with Crippen molar-refractivity contribution in [2.45, 2.75) is 45.1 Å². The summed E-state index contributed by atoms with van der Waals surface area (Å²) in [5.74, 6) is -0.399. The van der Waals surface area contributed by atoms with Gasteiger partial charge in [-0.3, -0.25) is 9.59 Å². The summed E-state index contributed by atoms with van der Waals surface area (Å²) in [7, 11) is 0. The van der Waals surface area contributed by atoms with Crippen molar-refractivity contribution in [3.8, 4) is 5.75 Å². The number of aliphatic hydroxyl groups is 2. The number of aliphatic hydroxyl groups excluding tert-OH is 2. The van der Waals surface area contributed by atoms with Gasteiger partial charge in [0.15, 0.2) is 0 Å². The summed E-state index contributed by atoms with van der Waals surface area (Å²) < 4.78 is 6.23. The molecule has 2 amide bonds. The minimum Gasteiger partial charge on any atom is -0.490 e. The molecule has 0 spiro atoms. The van der Waals surface area contributed by atoms with Crippen molar-refractivity contribution >= 4 is 11.8 Å². The summed E-state index contributed by atoms with van der Waals surface area (Å²) in [5.41, 5.74) is 1.12. The highest BCUT2D eigenvalue weighted by Crippen LogP contribution is 2.32. The van der Waals surface area contributed by atoms with Crippen LogP contribution < -0.4 is 4.74 Å². The lowest BCUT2D eigenvalue weighted by atomic mass is 9.86. The summed E-state index contributed by atoms with van der Waals surface area (Å²) >= 11 is 0. The molecule has 0 aliphatic carbocycles. The second-order valence-electron chi connectivity index (χ2n) is 8.09. The lowest BCUT2D eigenvalue weighted by Crippen LogP contribution is -2.50. The molecule has 7 heteroatoms. The minimum absolute atomic E-state index is 0.00589.